The van der Waals surface area contributed by atoms with Crippen molar-refractivity contribution in [3.63, 3.8) is 0 Å². The number of rotatable bonds is 9. The number of anilines is 1. The molecule has 3 aromatic carbocycles. The largest absolute Gasteiger partial charge is 0.350 e. The highest BCUT2D eigenvalue weighted by molar-refractivity contribution is 7.92. The number of nitrogens with one attached hydrogen (secondary N) is 1. The van der Waals surface area contributed by atoms with Crippen LogP contribution in [0.15, 0.2) is 77.7 Å². The normalized spacial score (nSPS) is 12.5. The molecule has 0 aliphatic heterocycles. The van der Waals surface area contributed by atoms with Crippen molar-refractivity contribution >= 4 is 50.7 Å². The third-order valence-corrected chi connectivity index (χ3v) is 8.53. The van der Waals surface area contributed by atoms with Crippen molar-refractivity contribution in [3.8, 4) is 0 Å². The average Bonchev–Trinajstić information content (AvgIpc) is 2.87. The first kappa shape index (κ1) is 30.5. The number of halogens is 2. The molecule has 10 heteroatoms. The van der Waals surface area contributed by atoms with Crippen molar-refractivity contribution in [2.75, 3.05) is 10.8 Å². The van der Waals surface area contributed by atoms with Crippen molar-refractivity contribution in [2.24, 2.45) is 0 Å². The molecule has 0 radical (unpaired) electrons. The van der Waals surface area contributed by atoms with Crippen LogP contribution in [0.5, 0.6) is 0 Å². The first-order valence-electron chi connectivity index (χ1n) is 12.4. The van der Waals surface area contributed by atoms with Crippen LogP contribution < -0.4 is 9.62 Å². The van der Waals surface area contributed by atoms with E-state index in [0.29, 0.717) is 0 Å². The molecule has 1 N–H and O–H groups in total. The maximum absolute atomic E-state index is 13.9. The van der Waals surface area contributed by atoms with Crippen LogP contribution in [0.4, 0.5) is 5.69 Å². The van der Waals surface area contributed by atoms with Crippen molar-refractivity contribution in [1.29, 1.82) is 0 Å². The zero-order chi connectivity index (χ0) is 29.0. The third-order valence-electron chi connectivity index (χ3n) is 5.95. The zero-order valence-electron chi connectivity index (χ0n) is 22.6. The first-order chi connectivity index (χ1) is 18.2. The lowest BCUT2D eigenvalue weighted by molar-refractivity contribution is -0.140. The number of amides is 2. The van der Waals surface area contributed by atoms with Crippen molar-refractivity contribution < 1.29 is 18.0 Å². The highest BCUT2D eigenvalue weighted by atomic mass is 35.5. The van der Waals surface area contributed by atoms with Gasteiger partial charge >= 0.3 is 0 Å². The van der Waals surface area contributed by atoms with Crippen LogP contribution in [-0.2, 0) is 26.2 Å². The van der Waals surface area contributed by atoms with Crippen LogP contribution in [0.3, 0.4) is 0 Å². The maximum atomic E-state index is 13.9. The van der Waals surface area contributed by atoms with Crippen LogP contribution in [-0.4, -0.2) is 43.3 Å². The summed E-state index contributed by atoms with van der Waals surface area (Å²) in [5.74, 6) is -0.942. The molecule has 0 bridgehead atoms. The first-order valence-corrected chi connectivity index (χ1v) is 14.6. The van der Waals surface area contributed by atoms with E-state index in [1.165, 1.54) is 29.2 Å². The molecular weight excluding hydrogens is 557 g/mol. The highest BCUT2D eigenvalue weighted by Crippen LogP contribution is 2.35. The van der Waals surface area contributed by atoms with Crippen LogP contribution in [0.1, 0.15) is 38.8 Å². The molecule has 0 heterocycles. The second-order valence-electron chi connectivity index (χ2n) is 10.3. The van der Waals surface area contributed by atoms with Crippen LogP contribution in [0.25, 0.3) is 0 Å². The van der Waals surface area contributed by atoms with Gasteiger partial charge in [0.1, 0.15) is 12.6 Å². The van der Waals surface area contributed by atoms with E-state index in [0.717, 1.165) is 15.4 Å². The standard InChI is InChI=1S/C29H33Cl2N3O4S/c1-20-14-16-23(17-15-20)39(37,38)34(25-13-9-12-24(30)27(25)31)19-26(35)33(18-22-10-7-6-8-11-22)21(2)28(36)32-29(3,4)5/h6-17,21H,18-19H2,1-5H3,(H,32,36)/t21-/m0/s1. The molecule has 7 nitrogen and oxygen atoms in total. The molecule has 0 saturated carbocycles. The van der Waals surface area contributed by atoms with Gasteiger partial charge in [-0.3, -0.25) is 13.9 Å². The predicted octanol–water partition coefficient (Wildman–Crippen LogP) is 5.83. The Morgan fingerprint density at radius 2 is 1.54 bits per heavy atom. The van der Waals surface area contributed by atoms with Gasteiger partial charge in [-0.15, -0.1) is 0 Å². The van der Waals surface area contributed by atoms with E-state index in [1.54, 1.807) is 25.1 Å². The summed E-state index contributed by atoms with van der Waals surface area (Å²) in [4.78, 5) is 28.4. The molecule has 3 aromatic rings. The fourth-order valence-electron chi connectivity index (χ4n) is 3.87. The van der Waals surface area contributed by atoms with Gasteiger partial charge in [-0.25, -0.2) is 8.42 Å². The van der Waals surface area contributed by atoms with Crippen LogP contribution in [0, 0.1) is 6.92 Å². The molecule has 0 aliphatic carbocycles. The number of sulfonamides is 1. The Balaban J connectivity index is 2.07. The van der Waals surface area contributed by atoms with Gasteiger partial charge in [-0.05, 0) is 64.4 Å². The summed E-state index contributed by atoms with van der Waals surface area (Å²) in [6.07, 6.45) is 0. The lowest BCUT2D eigenvalue weighted by Gasteiger charge is -2.33. The van der Waals surface area contributed by atoms with E-state index in [-0.39, 0.29) is 33.1 Å². The van der Waals surface area contributed by atoms with E-state index < -0.39 is 34.1 Å². The van der Waals surface area contributed by atoms with E-state index in [1.807, 2.05) is 58.0 Å². The summed E-state index contributed by atoms with van der Waals surface area (Å²) < 4.78 is 28.7. The second kappa shape index (κ2) is 12.4. The minimum absolute atomic E-state index is 0.00390. The van der Waals surface area contributed by atoms with Gasteiger partial charge in [0.05, 0.1) is 20.6 Å². The predicted molar refractivity (Wildman–Crippen MR) is 157 cm³/mol. The minimum Gasteiger partial charge on any atom is -0.350 e. The minimum atomic E-state index is -4.24. The van der Waals surface area contributed by atoms with Gasteiger partial charge in [-0.1, -0.05) is 77.3 Å². The summed E-state index contributed by atoms with van der Waals surface area (Å²) in [7, 11) is -4.24. The van der Waals surface area contributed by atoms with Gasteiger partial charge in [0.25, 0.3) is 10.0 Å². The van der Waals surface area contributed by atoms with E-state index >= 15 is 0 Å². The molecule has 208 valence electrons. The molecule has 0 fully saturated rings. The molecular formula is C29H33Cl2N3O4S. The van der Waals surface area contributed by atoms with Crippen molar-refractivity contribution in [1.82, 2.24) is 10.2 Å². The van der Waals surface area contributed by atoms with Gasteiger partial charge in [0.15, 0.2) is 0 Å². The summed E-state index contributed by atoms with van der Waals surface area (Å²) >= 11 is 12.7. The number of hydrogen-bond acceptors (Lipinski definition) is 4. The summed E-state index contributed by atoms with van der Waals surface area (Å²) in [6.45, 7) is 8.49. The van der Waals surface area contributed by atoms with Crippen molar-refractivity contribution in [2.45, 2.75) is 57.6 Å². The fourth-order valence-corrected chi connectivity index (χ4v) is 5.75. The van der Waals surface area contributed by atoms with Crippen molar-refractivity contribution in [3.05, 3.63) is 94.0 Å². The average molecular weight is 591 g/mol. The molecule has 3 rings (SSSR count). The monoisotopic (exact) mass is 589 g/mol. The summed E-state index contributed by atoms with van der Waals surface area (Å²) in [6, 6.07) is 19.2. The quantitative estimate of drug-likeness (QED) is 0.340. The number of nitrogens with zero attached hydrogens (tertiary/aromatic N) is 2. The number of carbonyl (C=O) groups excluding carboxylic acids is 2. The molecule has 2 amide bonds. The number of hydrogen-bond donors (Lipinski definition) is 1. The van der Waals surface area contributed by atoms with Gasteiger partial charge in [-0.2, -0.15) is 0 Å². The molecule has 39 heavy (non-hydrogen) atoms. The Morgan fingerprint density at radius 3 is 2.13 bits per heavy atom. The summed E-state index contributed by atoms with van der Waals surface area (Å²) in [5.41, 5.74) is 1.20. The second-order valence-corrected chi connectivity index (χ2v) is 13.0. The van der Waals surface area contributed by atoms with Gasteiger partial charge < -0.3 is 10.2 Å². The van der Waals surface area contributed by atoms with E-state index in [4.69, 9.17) is 23.2 Å². The Bertz CT molecular complexity index is 1420. The molecule has 0 unspecified atom stereocenters. The number of carbonyl (C=O) groups is 2. The topological polar surface area (TPSA) is 86.8 Å². The SMILES string of the molecule is Cc1ccc(S(=O)(=O)N(CC(=O)N(Cc2ccccc2)[C@@H](C)C(=O)NC(C)(C)C)c2cccc(Cl)c2Cl)cc1. The summed E-state index contributed by atoms with van der Waals surface area (Å²) in [5, 5.41) is 3.04. The fraction of sp³-hybridized carbons (Fsp3) is 0.310. The smallest absolute Gasteiger partial charge is 0.264 e. The van der Waals surface area contributed by atoms with Gasteiger partial charge in [0.2, 0.25) is 11.8 Å². The zero-order valence-corrected chi connectivity index (χ0v) is 24.9. The Morgan fingerprint density at radius 1 is 0.923 bits per heavy atom. The Kier molecular flexibility index (Phi) is 9.69. The third kappa shape index (κ3) is 7.75. The molecule has 0 aromatic heterocycles. The Labute approximate surface area is 240 Å². The maximum Gasteiger partial charge on any atom is 0.264 e. The number of aryl methyl sites for hydroxylation is 1. The van der Waals surface area contributed by atoms with E-state index in [2.05, 4.69) is 5.32 Å². The van der Waals surface area contributed by atoms with Gasteiger partial charge in [0, 0.05) is 12.1 Å². The van der Waals surface area contributed by atoms with Crippen LogP contribution >= 0.6 is 23.2 Å². The molecule has 1 atom stereocenters. The lowest BCUT2D eigenvalue weighted by atomic mass is 10.1. The highest BCUT2D eigenvalue weighted by Gasteiger charge is 2.34. The molecule has 0 saturated heterocycles. The van der Waals surface area contributed by atoms with Crippen LogP contribution in [0.2, 0.25) is 10.0 Å². The molecule has 0 spiro atoms. The molecule has 0 aliphatic rings. The van der Waals surface area contributed by atoms with E-state index in [9.17, 15) is 18.0 Å². The Hall–Kier alpha value is -3.07. The number of benzene rings is 3. The lowest BCUT2D eigenvalue weighted by Crippen LogP contribution is -2.54.